The van der Waals surface area contributed by atoms with Crippen molar-refractivity contribution >= 4 is 39.2 Å². The summed E-state index contributed by atoms with van der Waals surface area (Å²) in [6.07, 6.45) is -0.154. The fourth-order valence-electron chi connectivity index (χ4n) is 1.50. The van der Waals surface area contributed by atoms with Crippen LogP contribution in [-0.2, 0) is 14.3 Å². The number of nitro benzene ring substituents is 1. The number of ether oxygens (including phenoxy) is 2. The van der Waals surface area contributed by atoms with Gasteiger partial charge in [0, 0.05) is 10.5 Å². The average Bonchev–Trinajstić information content (AvgIpc) is 2.46. The molecule has 0 amide bonds. The van der Waals surface area contributed by atoms with E-state index in [-0.39, 0.29) is 30.3 Å². The highest BCUT2D eigenvalue weighted by molar-refractivity contribution is 9.10. The number of halogens is 1. The van der Waals surface area contributed by atoms with E-state index < -0.39 is 10.9 Å². The van der Waals surface area contributed by atoms with Crippen LogP contribution in [0.4, 0.5) is 11.4 Å². The highest BCUT2D eigenvalue weighted by atomic mass is 79.9. The molecule has 0 atom stereocenters. The average molecular weight is 374 g/mol. The first-order valence-electron chi connectivity index (χ1n) is 6.52. The van der Waals surface area contributed by atoms with Crippen LogP contribution in [0.15, 0.2) is 27.8 Å². The number of hydrazone groups is 1. The number of carbonyl (C=O) groups excluding carboxylic acids is 1. The number of anilines is 1. The van der Waals surface area contributed by atoms with Crippen molar-refractivity contribution in [1.29, 1.82) is 0 Å². The molecule has 1 aromatic rings. The van der Waals surface area contributed by atoms with E-state index >= 15 is 0 Å². The molecule has 0 bridgehead atoms. The minimum absolute atomic E-state index is 0.0955. The first-order chi connectivity index (χ1) is 10.5. The summed E-state index contributed by atoms with van der Waals surface area (Å²) < 4.78 is 10.6. The maximum absolute atomic E-state index is 11.4. The van der Waals surface area contributed by atoms with Crippen LogP contribution in [0.2, 0.25) is 0 Å². The van der Waals surface area contributed by atoms with Crippen LogP contribution in [0.5, 0.6) is 0 Å². The highest BCUT2D eigenvalue weighted by Gasteiger charge is 2.15. The lowest BCUT2D eigenvalue weighted by Gasteiger charge is -2.08. The Morgan fingerprint density at radius 1 is 1.36 bits per heavy atom. The zero-order valence-corrected chi connectivity index (χ0v) is 13.8. The summed E-state index contributed by atoms with van der Waals surface area (Å²) >= 11 is 3.17. The third kappa shape index (κ3) is 5.68. The van der Waals surface area contributed by atoms with E-state index in [9.17, 15) is 14.9 Å². The Morgan fingerprint density at radius 3 is 2.64 bits per heavy atom. The summed E-state index contributed by atoms with van der Waals surface area (Å²) in [5.74, 6) is -0.389. The Kier molecular flexibility index (Phi) is 7.30. The number of hydrogen-bond donors (Lipinski definition) is 1. The summed E-state index contributed by atoms with van der Waals surface area (Å²) in [6, 6.07) is 4.49. The van der Waals surface area contributed by atoms with E-state index in [0.717, 1.165) is 0 Å². The van der Waals surface area contributed by atoms with Gasteiger partial charge in [0.05, 0.1) is 18.1 Å². The van der Waals surface area contributed by atoms with E-state index in [4.69, 9.17) is 9.47 Å². The van der Waals surface area contributed by atoms with Crippen molar-refractivity contribution in [3.8, 4) is 0 Å². The summed E-state index contributed by atoms with van der Waals surface area (Å²) in [4.78, 5) is 21.9. The van der Waals surface area contributed by atoms with E-state index in [2.05, 4.69) is 26.5 Å². The number of hydrogen-bond acceptors (Lipinski definition) is 7. The predicted octanol–water partition coefficient (Wildman–Crippen LogP) is 3.07. The Labute approximate surface area is 135 Å². The van der Waals surface area contributed by atoms with Gasteiger partial charge in [-0.15, -0.1) is 5.10 Å². The first-order valence-corrected chi connectivity index (χ1v) is 7.32. The van der Waals surface area contributed by atoms with Crippen LogP contribution >= 0.6 is 15.9 Å². The van der Waals surface area contributed by atoms with Crippen LogP contribution in [0.1, 0.15) is 20.3 Å². The maximum Gasteiger partial charge on any atom is 0.315 e. The Hall–Kier alpha value is -2.16. The van der Waals surface area contributed by atoms with Gasteiger partial charge in [-0.25, -0.2) is 0 Å². The predicted molar refractivity (Wildman–Crippen MR) is 84.7 cm³/mol. The highest BCUT2D eigenvalue weighted by Crippen LogP contribution is 2.27. The normalized spacial score (nSPS) is 11.0. The zero-order chi connectivity index (χ0) is 16.5. The molecule has 120 valence electrons. The lowest BCUT2D eigenvalue weighted by atomic mass is 10.3. The number of nitro groups is 1. The van der Waals surface area contributed by atoms with Crippen molar-refractivity contribution in [3.63, 3.8) is 0 Å². The van der Waals surface area contributed by atoms with Gasteiger partial charge in [0.2, 0.25) is 5.90 Å². The smallest absolute Gasteiger partial charge is 0.315 e. The second-order valence-corrected chi connectivity index (χ2v) is 4.87. The molecule has 0 fully saturated rings. The summed E-state index contributed by atoms with van der Waals surface area (Å²) in [6.45, 7) is 3.99. The molecular weight excluding hydrogens is 358 g/mol. The molecule has 0 radical (unpaired) electrons. The van der Waals surface area contributed by atoms with Crippen LogP contribution < -0.4 is 5.43 Å². The lowest BCUT2D eigenvalue weighted by Crippen LogP contribution is -2.15. The molecule has 1 N–H and O–H groups in total. The van der Waals surface area contributed by atoms with Crippen molar-refractivity contribution in [2.45, 2.75) is 20.3 Å². The molecule has 0 aliphatic carbocycles. The number of nitrogens with zero attached hydrogens (tertiary/aromatic N) is 2. The molecule has 0 aliphatic rings. The van der Waals surface area contributed by atoms with Crippen LogP contribution in [-0.4, -0.2) is 30.0 Å². The SMILES string of the molecule is CCOC(=O)C/C(=N\Nc1ccc(Br)cc1[N+](=O)[O-])OCC. The molecule has 0 heterocycles. The zero-order valence-electron chi connectivity index (χ0n) is 12.2. The van der Waals surface area contributed by atoms with E-state index in [1.807, 2.05) is 0 Å². The topological polar surface area (TPSA) is 103 Å². The Balaban J connectivity index is 2.90. The van der Waals surface area contributed by atoms with E-state index in [0.29, 0.717) is 11.1 Å². The number of esters is 1. The molecule has 1 aromatic carbocycles. The molecule has 0 saturated carbocycles. The quantitative estimate of drug-likeness (QED) is 0.259. The minimum atomic E-state index is -0.533. The number of benzene rings is 1. The van der Waals surface area contributed by atoms with Gasteiger partial charge < -0.3 is 9.47 Å². The maximum atomic E-state index is 11.4. The van der Waals surface area contributed by atoms with Crippen LogP contribution in [0.25, 0.3) is 0 Å². The van der Waals surface area contributed by atoms with Gasteiger partial charge in [-0.05, 0) is 26.0 Å². The van der Waals surface area contributed by atoms with Crippen molar-refractivity contribution in [2.75, 3.05) is 18.6 Å². The van der Waals surface area contributed by atoms with Crippen molar-refractivity contribution in [2.24, 2.45) is 5.10 Å². The fraction of sp³-hybridized carbons (Fsp3) is 0.385. The van der Waals surface area contributed by atoms with Crippen LogP contribution in [0.3, 0.4) is 0 Å². The molecule has 0 unspecified atom stereocenters. The van der Waals surface area contributed by atoms with Gasteiger partial charge in [0.1, 0.15) is 12.1 Å². The van der Waals surface area contributed by atoms with Crippen molar-refractivity contribution < 1.29 is 19.2 Å². The second-order valence-electron chi connectivity index (χ2n) is 3.95. The third-order valence-electron chi connectivity index (χ3n) is 2.37. The molecule has 0 aliphatic heterocycles. The van der Waals surface area contributed by atoms with Gasteiger partial charge in [-0.2, -0.15) is 0 Å². The molecule has 0 saturated heterocycles. The second kappa shape index (κ2) is 8.98. The van der Waals surface area contributed by atoms with Gasteiger partial charge in [0.25, 0.3) is 5.69 Å². The number of rotatable bonds is 7. The summed E-state index contributed by atoms with van der Waals surface area (Å²) in [7, 11) is 0. The molecule has 1 rings (SSSR count). The largest absolute Gasteiger partial charge is 0.480 e. The summed E-state index contributed by atoms with van der Waals surface area (Å²) in [5, 5.41) is 14.9. The van der Waals surface area contributed by atoms with Gasteiger partial charge in [0.15, 0.2) is 0 Å². The monoisotopic (exact) mass is 373 g/mol. The molecule has 8 nitrogen and oxygen atoms in total. The van der Waals surface area contributed by atoms with Crippen molar-refractivity contribution in [3.05, 3.63) is 32.8 Å². The van der Waals surface area contributed by atoms with Crippen molar-refractivity contribution in [1.82, 2.24) is 0 Å². The van der Waals surface area contributed by atoms with E-state index in [1.54, 1.807) is 19.9 Å². The Bertz CT molecular complexity index is 577. The van der Waals surface area contributed by atoms with Gasteiger partial charge in [-0.1, -0.05) is 15.9 Å². The fourth-order valence-corrected chi connectivity index (χ4v) is 1.85. The van der Waals surface area contributed by atoms with Gasteiger partial charge in [-0.3, -0.25) is 20.3 Å². The lowest BCUT2D eigenvalue weighted by molar-refractivity contribution is -0.384. The molecule has 0 aromatic heterocycles. The summed E-state index contributed by atoms with van der Waals surface area (Å²) in [5.41, 5.74) is 2.59. The van der Waals surface area contributed by atoms with Crippen LogP contribution in [0, 0.1) is 10.1 Å². The van der Waals surface area contributed by atoms with Gasteiger partial charge >= 0.3 is 5.97 Å². The molecule has 22 heavy (non-hydrogen) atoms. The minimum Gasteiger partial charge on any atom is -0.480 e. The Morgan fingerprint density at radius 2 is 2.05 bits per heavy atom. The number of carbonyl (C=O) groups is 1. The molecular formula is C13H16BrN3O5. The number of nitrogens with one attached hydrogen (secondary N) is 1. The first kappa shape index (κ1) is 17.9. The molecule has 9 heteroatoms. The standard InChI is InChI=1S/C13H16BrN3O5/c1-3-21-12(8-13(18)22-4-2)16-15-10-6-5-9(14)7-11(10)17(19)20/h5-7,15H,3-4,8H2,1-2H3/b16-12+. The molecule has 0 spiro atoms. The third-order valence-corrected chi connectivity index (χ3v) is 2.86. The van der Waals surface area contributed by atoms with E-state index in [1.165, 1.54) is 12.1 Å².